The summed E-state index contributed by atoms with van der Waals surface area (Å²) in [7, 11) is 1.06. The van der Waals surface area contributed by atoms with Gasteiger partial charge in [-0.15, -0.1) is 0 Å². The highest BCUT2D eigenvalue weighted by Gasteiger charge is 2.37. The van der Waals surface area contributed by atoms with Crippen LogP contribution in [0.2, 0.25) is 0 Å². The highest BCUT2D eigenvalue weighted by molar-refractivity contribution is 5.72. The Labute approximate surface area is 98.6 Å². The number of nitrogens with zero attached hydrogens (tertiary/aromatic N) is 1. The van der Waals surface area contributed by atoms with Gasteiger partial charge in [0.15, 0.2) is 0 Å². The van der Waals surface area contributed by atoms with Crippen molar-refractivity contribution in [3.8, 4) is 0 Å². The molecule has 100 valence electrons. The third kappa shape index (κ3) is 3.38. The number of halogens is 5. The number of rotatable bonds is 3. The van der Waals surface area contributed by atoms with Crippen LogP contribution in [0.3, 0.4) is 0 Å². The van der Waals surface area contributed by atoms with Crippen LogP contribution in [0.1, 0.15) is 23.2 Å². The molecule has 0 aromatic carbocycles. The van der Waals surface area contributed by atoms with E-state index in [1.54, 1.807) is 0 Å². The smallest absolute Gasteiger partial charge is 0.418 e. The Morgan fingerprint density at radius 2 is 2.06 bits per heavy atom. The first-order valence-electron chi connectivity index (χ1n) is 4.66. The lowest BCUT2D eigenvalue weighted by Crippen LogP contribution is -2.13. The molecule has 8 heteroatoms. The predicted octanol–water partition coefficient (Wildman–Crippen LogP) is 2.75. The van der Waals surface area contributed by atoms with Gasteiger partial charge in [-0.25, -0.2) is 8.78 Å². The van der Waals surface area contributed by atoms with Crippen LogP contribution in [0.25, 0.3) is 0 Å². The summed E-state index contributed by atoms with van der Waals surface area (Å²) in [6.45, 7) is 0. The Kier molecular flexibility index (Phi) is 4.20. The standard InChI is InChI=1S/C10H8F5NO2/c1-18-7(17)3-5-2-6(10(13,14)15)8(9(11)12)16-4-5/h2,4,9H,3H2,1H3. The zero-order valence-corrected chi connectivity index (χ0v) is 9.09. The molecule has 0 aliphatic heterocycles. The van der Waals surface area contributed by atoms with Gasteiger partial charge in [-0.05, 0) is 11.6 Å². The molecular formula is C10H8F5NO2. The Hall–Kier alpha value is -1.73. The SMILES string of the molecule is COC(=O)Cc1cnc(C(F)F)c(C(F)(F)F)c1. The molecule has 1 aromatic heterocycles. The van der Waals surface area contributed by atoms with Gasteiger partial charge in [-0.2, -0.15) is 13.2 Å². The third-order valence-corrected chi connectivity index (χ3v) is 2.06. The number of methoxy groups -OCH3 is 1. The molecule has 0 saturated heterocycles. The Balaban J connectivity index is 3.18. The van der Waals surface area contributed by atoms with Gasteiger partial charge in [0.1, 0.15) is 5.69 Å². The molecule has 0 N–H and O–H groups in total. The molecule has 3 nitrogen and oxygen atoms in total. The molecule has 0 spiro atoms. The van der Waals surface area contributed by atoms with Crippen molar-refractivity contribution in [1.29, 1.82) is 0 Å². The van der Waals surface area contributed by atoms with Crippen LogP contribution >= 0.6 is 0 Å². The van der Waals surface area contributed by atoms with Crippen molar-refractivity contribution in [3.63, 3.8) is 0 Å². The molecule has 1 aromatic rings. The van der Waals surface area contributed by atoms with Crippen molar-refractivity contribution in [2.24, 2.45) is 0 Å². The van der Waals surface area contributed by atoms with Crippen LogP contribution in [0.15, 0.2) is 12.3 Å². The quantitative estimate of drug-likeness (QED) is 0.625. The van der Waals surface area contributed by atoms with Crippen molar-refractivity contribution < 1.29 is 31.5 Å². The highest BCUT2D eigenvalue weighted by Crippen LogP contribution is 2.35. The Bertz CT molecular complexity index is 444. The minimum absolute atomic E-state index is 0.140. The average Bonchev–Trinajstić information content (AvgIpc) is 2.27. The number of alkyl halides is 5. The van der Waals surface area contributed by atoms with Crippen LogP contribution < -0.4 is 0 Å². The second kappa shape index (κ2) is 5.28. The molecule has 1 heterocycles. The minimum Gasteiger partial charge on any atom is -0.469 e. The van der Waals surface area contributed by atoms with E-state index in [2.05, 4.69) is 9.72 Å². The summed E-state index contributed by atoms with van der Waals surface area (Å²) >= 11 is 0. The maximum absolute atomic E-state index is 12.5. The van der Waals surface area contributed by atoms with E-state index < -0.39 is 36.2 Å². The Morgan fingerprint density at radius 1 is 1.44 bits per heavy atom. The number of carbonyl (C=O) groups is 1. The van der Waals surface area contributed by atoms with Crippen molar-refractivity contribution in [3.05, 3.63) is 29.1 Å². The topological polar surface area (TPSA) is 39.2 Å². The highest BCUT2D eigenvalue weighted by atomic mass is 19.4. The number of aromatic nitrogens is 1. The first-order chi connectivity index (χ1) is 8.25. The fraction of sp³-hybridized carbons (Fsp3) is 0.400. The third-order valence-electron chi connectivity index (χ3n) is 2.06. The number of hydrogen-bond acceptors (Lipinski definition) is 3. The number of pyridine rings is 1. The second-order valence-corrected chi connectivity index (χ2v) is 3.33. The van der Waals surface area contributed by atoms with Gasteiger partial charge in [0.25, 0.3) is 6.43 Å². The molecule has 18 heavy (non-hydrogen) atoms. The molecule has 0 bridgehead atoms. The van der Waals surface area contributed by atoms with Crippen molar-refractivity contribution >= 4 is 5.97 Å². The molecule has 0 saturated carbocycles. The molecular weight excluding hydrogens is 261 g/mol. The van der Waals surface area contributed by atoms with E-state index >= 15 is 0 Å². The van der Waals surface area contributed by atoms with Gasteiger partial charge in [0, 0.05) is 6.20 Å². The van der Waals surface area contributed by atoms with Gasteiger partial charge in [0.2, 0.25) is 0 Å². The maximum Gasteiger partial charge on any atom is 0.418 e. The molecule has 0 fully saturated rings. The van der Waals surface area contributed by atoms with E-state index in [4.69, 9.17) is 0 Å². The van der Waals surface area contributed by atoms with Crippen molar-refractivity contribution in [2.45, 2.75) is 19.0 Å². The molecule has 0 aliphatic carbocycles. The zero-order chi connectivity index (χ0) is 13.9. The van der Waals surface area contributed by atoms with Crippen LogP contribution in [0, 0.1) is 0 Å². The lowest BCUT2D eigenvalue weighted by Gasteiger charge is -2.12. The minimum atomic E-state index is -4.95. The van der Waals surface area contributed by atoms with Crippen LogP contribution in [0.4, 0.5) is 22.0 Å². The summed E-state index contributed by atoms with van der Waals surface area (Å²) in [6.07, 6.45) is -7.96. The zero-order valence-electron chi connectivity index (χ0n) is 9.09. The molecule has 1 rings (SSSR count). The second-order valence-electron chi connectivity index (χ2n) is 3.33. The van der Waals surface area contributed by atoms with Gasteiger partial charge in [-0.3, -0.25) is 9.78 Å². The number of esters is 1. The first-order valence-corrected chi connectivity index (χ1v) is 4.66. The summed E-state index contributed by atoms with van der Waals surface area (Å²) in [4.78, 5) is 13.9. The van der Waals surface area contributed by atoms with Crippen molar-refractivity contribution in [1.82, 2.24) is 4.98 Å². The van der Waals surface area contributed by atoms with Crippen LogP contribution in [0.5, 0.6) is 0 Å². The number of carbonyl (C=O) groups excluding carboxylic acids is 1. The summed E-state index contributed by atoms with van der Waals surface area (Å²) in [5.41, 5.74) is -3.03. The molecule has 0 aliphatic rings. The Morgan fingerprint density at radius 3 is 2.50 bits per heavy atom. The molecule has 0 radical (unpaired) electrons. The van der Waals surface area contributed by atoms with Crippen LogP contribution in [-0.2, 0) is 22.1 Å². The monoisotopic (exact) mass is 269 g/mol. The maximum atomic E-state index is 12.5. The van der Waals surface area contributed by atoms with Crippen molar-refractivity contribution in [2.75, 3.05) is 7.11 Å². The molecule has 0 atom stereocenters. The van der Waals surface area contributed by atoms with E-state index in [-0.39, 0.29) is 5.56 Å². The van der Waals surface area contributed by atoms with Gasteiger partial charge >= 0.3 is 12.1 Å². The van der Waals surface area contributed by atoms with E-state index in [1.165, 1.54) is 0 Å². The largest absolute Gasteiger partial charge is 0.469 e. The summed E-state index contributed by atoms with van der Waals surface area (Å²) in [5.74, 6) is -0.783. The lowest BCUT2D eigenvalue weighted by molar-refractivity contribution is -0.141. The van der Waals surface area contributed by atoms with Gasteiger partial charge in [0.05, 0.1) is 19.1 Å². The van der Waals surface area contributed by atoms with Gasteiger partial charge < -0.3 is 4.74 Å². The molecule has 0 amide bonds. The number of hydrogen-bond donors (Lipinski definition) is 0. The summed E-state index contributed by atoms with van der Waals surface area (Å²) < 4.78 is 66.5. The lowest BCUT2D eigenvalue weighted by atomic mass is 10.1. The van der Waals surface area contributed by atoms with E-state index in [0.29, 0.717) is 6.07 Å². The average molecular weight is 269 g/mol. The van der Waals surface area contributed by atoms with E-state index in [1.807, 2.05) is 0 Å². The normalized spacial score (nSPS) is 11.7. The first kappa shape index (κ1) is 14.3. The predicted molar refractivity (Wildman–Crippen MR) is 49.9 cm³/mol. The number of ether oxygens (including phenoxy) is 1. The summed E-state index contributed by atoms with van der Waals surface area (Å²) in [6, 6.07) is 0.478. The fourth-order valence-corrected chi connectivity index (χ4v) is 1.26. The summed E-state index contributed by atoms with van der Waals surface area (Å²) in [5, 5.41) is 0. The van der Waals surface area contributed by atoms with E-state index in [9.17, 15) is 26.7 Å². The van der Waals surface area contributed by atoms with Crippen LogP contribution in [-0.4, -0.2) is 18.1 Å². The fourth-order valence-electron chi connectivity index (χ4n) is 1.26. The van der Waals surface area contributed by atoms with E-state index in [0.717, 1.165) is 13.3 Å². The molecule has 0 unspecified atom stereocenters. The van der Waals surface area contributed by atoms with Gasteiger partial charge in [-0.1, -0.05) is 0 Å².